The Balaban J connectivity index is 1.54. The Bertz CT molecular complexity index is 800. The zero-order valence-corrected chi connectivity index (χ0v) is 17.7. The molecule has 1 fully saturated rings. The minimum Gasteiger partial charge on any atom is -0.481 e. The summed E-state index contributed by atoms with van der Waals surface area (Å²) in [5, 5.41) is 0. The minimum absolute atomic E-state index is 0.0591. The van der Waals surface area contributed by atoms with E-state index in [0.29, 0.717) is 0 Å². The van der Waals surface area contributed by atoms with Crippen LogP contribution in [0, 0.1) is 6.92 Å². The average Bonchev–Trinajstić information content (AvgIpc) is 2.67. The van der Waals surface area contributed by atoms with Crippen LogP contribution in [0.25, 0.3) is 0 Å². The van der Waals surface area contributed by atoms with E-state index in [2.05, 4.69) is 69.0 Å². The molecular formula is C24H32N2O2. The quantitative estimate of drug-likeness (QED) is 0.788. The molecule has 4 heteroatoms. The first kappa shape index (κ1) is 20.2. The lowest BCUT2D eigenvalue weighted by Gasteiger charge is -2.37. The highest BCUT2D eigenvalue weighted by Crippen LogP contribution is 2.25. The second-order valence-corrected chi connectivity index (χ2v) is 8.69. The summed E-state index contributed by atoms with van der Waals surface area (Å²) in [4.78, 5) is 17.1. The van der Waals surface area contributed by atoms with Crippen LogP contribution in [0.1, 0.15) is 38.8 Å². The van der Waals surface area contributed by atoms with Crippen molar-refractivity contribution in [2.45, 2.75) is 46.1 Å². The predicted molar refractivity (Wildman–Crippen MR) is 115 cm³/mol. The molecule has 0 unspecified atom stereocenters. The molecule has 0 saturated carbocycles. The first-order valence-electron chi connectivity index (χ1n) is 10.1. The fourth-order valence-corrected chi connectivity index (χ4v) is 3.55. The van der Waals surface area contributed by atoms with Crippen LogP contribution < -0.4 is 9.64 Å². The van der Waals surface area contributed by atoms with E-state index in [-0.39, 0.29) is 11.3 Å². The number of ether oxygens (including phenoxy) is 1. The van der Waals surface area contributed by atoms with E-state index in [1.807, 2.05) is 24.0 Å². The third kappa shape index (κ3) is 4.86. The molecule has 2 aromatic carbocycles. The number of piperazine rings is 1. The lowest BCUT2D eigenvalue weighted by molar-refractivity contribution is -0.138. The molecule has 1 heterocycles. The molecule has 0 N–H and O–H groups in total. The molecular weight excluding hydrogens is 348 g/mol. The number of hydrogen-bond donors (Lipinski definition) is 0. The summed E-state index contributed by atoms with van der Waals surface area (Å²) < 4.78 is 5.92. The topological polar surface area (TPSA) is 32.8 Å². The zero-order chi connectivity index (χ0) is 20.3. The Hall–Kier alpha value is -2.49. The van der Waals surface area contributed by atoms with Crippen molar-refractivity contribution in [1.82, 2.24) is 4.90 Å². The highest BCUT2D eigenvalue weighted by atomic mass is 16.5. The molecule has 0 aromatic heterocycles. The number of rotatable bonds is 4. The summed E-state index contributed by atoms with van der Waals surface area (Å²) >= 11 is 0. The Morgan fingerprint density at radius 1 is 1.00 bits per heavy atom. The number of carbonyl (C=O) groups is 1. The number of nitrogens with zero attached hydrogens (tertiary/aromatic N) is 2. The van der Waals surface area contributed by atoms with E-state index in [9.17, 15) is 4.79 Å². The van der Waals surface area contributed by atoms with Crippen LogP contribution in [0.2, 0.25) is 0 Å². The van der Waals surface area contributed by atoms with Crippen molar-refractivity contribution in [2.75, 3.05) is 31.1 Å². The van der Waals surface area contributed by atoms with Crippen molar-refractivity contribution in [1.29, 1.82) is 0 Å². The number of benzene rings is 2. The SMILES string of the molecule is Cc1cccc(N2CCN(C(=O)[C@@H](C)Oc3ccc(C(C)(C)C)cc3)CC2)c1. The Morgan fingerprint density at radius 2 is 1.64 bits per heavy atom. The van der Waals surface area contributed by atoms with Crippen LogP contribution in [0.4, 0.5) is 5.69 Å². The summed E-state index contributed by atoms with van der Waals surface area (Å²) in [6.07, 6.45) is -0.481. The lowest BCUT2D eigenvalue weighted by atomic mass is 9.87. The van der Waals surface area contributed by atoms with Gasteiger partial charge in [-0.3, -0.25) is 4.79 Å². The Labute approximate surface area is 169 Å². The van der Waals surface area contributed by atoms with Crippen molar-refractivity contribution in [2.24, 2.45) is 0 Å². The maximum atomic E-state index is 12.8. The maximum absolute atomic E-state index is 12.8. The zero-order valence-electron chi connectivity index (χ0n) is 17.7. The van der Waals surface area contributed by atoms with Crippen molar-refractivity contribution < 1.29 is 9.53 Å². The normalized spacial score (nSPS) is 16.0. The molecule has 1 aliphatic rings. The van der Waals surface area contributed by atoms with Gasteiger partial charge in [-0.05, 0) is 54.7 Å². The summed E-state index contributed by atoms with van der Waals surface area (Å²) in [6.45, 7) is 13.7. The number of hydrogen-bond acceptors (Lipinski definition) is 3. The van der Waals surface area contributed by atoms with E-state index in [0.717, 1.165) is 31.9 Å². The first-order valence-corrected chi connectivity index (χ1v) is 10.1. The number of carbonyl (C=O) groups excluding carboxylic acids is 1. The van der Waals surface area contributed by atoms with Crippen LogP contribution in [-0.4, -0.2) is 43.1 Å². The second kappa shape index (κ2) is 8.26. The predicted octanol–water partition coefficient (Wildman–Crippen LogP) is 4.41. The van der Waals surface area contributed by atoms with E-state index in [1.165, 1.54) is 16.8 Å². The Kier molecular flexibility index (Phi) is 5.97. The van der Waals surface area contributed by atoms with Crippen LogP contribution in [-0.2, 0) is 10.2 Å². The molecule has 2 aromatic rings. The second-order valence-electron chi connectivity index (χ2n) is 8.69. The maximum Gasteiger partial charge on any atom is 0.263 e. The van der Waals surface area contributed by atoms with Gasteiger partial charge in [0.25, 0.3) is 5.91 Å². The minimum atomic E-state index is -0.481. The van der Waals surface area contributed by atoms with E-state index in [4.69, 9.17) is 4.74 Å². The number of anilines is 1. The van der Waals surface area contributed by atoms with Crippen LogP contribution in [0.5, 0.6) is 5.75 Å². The van der Waals surface area contributed by atoms with Gasteiger partial charge in [0, 0.05) is 31.9 Å². The first-order chi connectivity index (χ1) is 13.2. The highest BCUT2D eigenvalue weighted by Gasteiger charge is 2.26. The third-order valence-electron chi connectivity index (χ3n) is 5.34. The molecule has 1 atom stereocenters. The summed E-state index contributed by atoms with van der Waals surface area (Å²) in [7, 11) is 0. The van der Waals surface area contributed by atoms with E-state index >= 15 is 0 Å². The molecule has 1 amide bonds. The van der Waals surface area contributed by atoms with E-state index < -0.39 is 6.10 Å². The fourth-order valence-electron chi connectivity index (χ4n) is 3.55. The van der Waals surface area contributed by atoms with Gasteiger partial charge in [0.15, 0.2) is 6.10 Å². The van der Waals surface area contributed by atoms with Gasteiger partial charge in [-0.25, -0.2) is 0 Å². The molecule has 150 valence electrons. The monoisotopic (exact) mass is 380 g/mol. The lowest BCUT2D eigenvalue weighted by Crippen LogP contribution is -2.52. The van der Waals surface area contributed by atoms with Gasteiger partial charge < -0.3 is 14.5 Å². The van der Waals surface area contributed by atoms with Gasteiger partial charge in [-0.15, -0.1) is 0 Å². The smallest absolute Gasteiger partial charge is 0.263 e. The van der Waals surface area contributed by atoms with Crippen LogP contribution in [0.15, 0.2) is 48.5 Å². The van der Waals surface area contributed by atoms with Gasteiger partial charge in [-0.2, -0.15) is 0 Å². The standard InChI is InChI=1S/C24H32N2O2/c1-18-7-6-8-21(17-18)25-13-15-26(16-14-25)23(27)19(2)28-22-11-9-20(10-12-22)24(3,4)5/h6-12,17,19H,13-16H2,1-5H3/t19-/m1/s1. The fraction of sp³-hybridized carbons (Fsp3) is 0.458. The molecule has 28 heavy (non-hydrogen) atoms. The van der Waals surface area contributed by atoms with Crippen molar-refractivity contribution in [3.63, 3.8) is 0 Å². The van der Waals surface area contributed by atoms with Gasteiger partial charge in [0.05, 0.1) is 0 Å². The molecule has 1 saturated heterocycles. The largest absolute Gasteiger partial charge is 0.481 e. The third-order valence-corrected chi connectivity index (χ3v) is 5.34. The molecule has 0 bridgehead atoms. The van der Waals surface area contributed by atoms with Gasteiger partial charge in [0.1, 0.15) is 5.75 Å². The van der Waals surface area contributed by atoms with Gasteiger partial charge in [0.2, 0.25) is 0 Å². The number of aryl methyl sites for hydroxylation is 1. The molecule has 3 rings (SSSR count). The van der Waals surface area contributed by atoms with Crippen molar-refractivity contribution in [3.05, 3.63) is 59.7 Å². The molecule has 0 radical (unpaired) electrons. The summed E-state index contributed by atoms with van der Waals surface area (Å²) in [5.74, 6) is 0.802. The highest BCUT2D eigenvalue weighted by molar-refractivity contribution is 5.81. The summed E-state index contributed by atoms with van der Waals surface area (Å²) in [5.41, 5.74) is 3.86. The van der Waals surface area contributed by atoms with Crippen molar-refractivity contribution in [3.8, 4) is 5.75 Å². The molecule has 4 nitrogen and oxygen atoms in total. The Morgan fingerprint density at radius 3 is 2.21 bits per heavy atom. The molecule has 1 aliphatic heterocycles. The van der Waals surface area contributed by atoms with Crippen LogP contribution in [0.3, 0.4) is 0 Å². The van der Waals surface area contributed by atoms with Gasteiger partial charge in [-0.1, -0.05) is 45.0 Å². The summed E-state index contributed by atoms with van der Waals surface area (Å²) in [6, 6.07) is 16.6. The average molecular weight is 381 g/mol. The van der Waals surface area contributed by atoms with Crippen molar-refractivity contribution >= 4 is 11.6 Å². The molecule has 0 spiro atoms. The van der Waals surface area contributed by atoms with E-state index in [1.54, 1.807) is 0 Å². The molecule has 0 aliphatic carbocycles. The van der Waals surface area contributed by atoms with Crippen LogP contribution >= 0.6 is 0 Å². The van der Waals surface area contributed by atoms with Gasteiger partial charge >= 0.3 is 0 Å². The number of amides is 1.